The van der Waals surface area contributed by atoms with Gasteiger partial charge in [-0.25, -0.2) is 0 Å². The van der Waals surface area contributed by atoms with E-state index in [9.17, 15) is 54.6 Å². The number of methoxy groups -OCH3 is 13. The molecule has 0 aromatic heterocycles. The fourth-order valence-corrected chi connectivity index (χ4v) is 11.2. The van der Waals surface area contributed by atoms with Gasteiger partial charge in [0.2, 0.25) is 0 Å². The van der Waals surface area contributed by atoms with Crippen molar-refractivity contribution >= 4 is 59.3 Å². The van der Waals surface area contributed by atoms with Gasteiger partial charge in [-0.15, -0.1) is 0 Å². The van der Waals surface area contributed by atoms with Gasteiger partial charge in [-0.05, 0) is 139 Å². The van der Waals surface area contributed by atoms with E-state index in [1.165, 1.54) is 143 Å². The highest BCUT2D eigenvalue weighted by Gasteiger charge is 2.21. The summed E-state index contributed by atoms with van der Waals surface area (Å²) in [4.78, 5) is 61.5. The molecule has 0 aliphatic carbocycles. The zero-order chi connectivity index (χ0) is 87.2. The van der Waals surface area contributed by atoms with Crippen LogP contribution in [0.2, 0.25) is 0 Å². The second-order valence-corrected chi connectivity index (χ2v) is 24.7. The molecule has 0 atom stereocenters. The Labute approximate surface area is 694 Å². The van der Waals surface area contributed by atoms with Crippen LogP contribution in [-0.4, -0.2) is 152 Å². The Balaban J connectivity index is 0.000000208. The van der Waals surface area contributed by atoms with Crippen molar-refractivity contribution in [3.8, 4) is 115 Å². The number of para-hydroxylation sites is 4. The minimum absolute atomic E-state index is 0.0642. The first-order valence-electron chi connectivity index (χ1n) is 36.3. The van der Waals surface area contributed by atoms with Gasteiger partial charge in [0, 0.05) is 64.7 Å². The second kappa shape index (κ2) is 46.7. The van der Waals surface area contributed by atoms with E-state index in [2.05, 4.69) is 0 Å². The molecule has 0 spiro atoms. The molecule has 0 radical (unpaired) electrons. The summed E-state index contributed by atoms with van der Waals surface area (Å²) in [6.07, 6.45) is 14.9. The molecule has 0 aliphatic rings. The lowest BCUT2D eigenvalue weighted by molar-refractivity contribution is 0.103. The topological polar surface area (TPSA) is 336 Å². The Kier molecular flexibility index (Phi) is 35.7. The number of rotatable bonds is 31. The summed E-state index contributed by atoms with van der Waals surface area (Å²) in [6.45, 7) is 0.418. The predicted molar refractivity (Wildman–Crippen MR) is 457 cm³/mol. The van der Waals surface area contributed by atoms with Crippen molar-refractivity contribution in [2.45, 2.75) is 6.61 Å². The van der Waals surface area contributed by atoms with Gasteiger partial charge in [0.25, 0.3) is 0 Å². The first-order valence-corrected chi connectivity index (χ1v) is 36.3. The van der Waals surface area contributed by atoms with E-state index in [1.807, 2.05) is 78.9 Å². The lowest BCUT2D eigenvalue weighted by Crippen LogP contribution is -2.00. The minimum Gasteiger partial charge on any atom is -0.508 e. The van der Waals surface area contributed by atoms with E-state index in [0.29, 0.717) is 86.7 Å². The molecule has 0 unspecified atom stereocenters. The summed E-state index contributed by atoms with van der Waals surface area (Å²) in [6, 6.07) is 59.3. The fourth-order valence-electron chi connectivity index (χ4n) is 11.2. The van der Waals surface area contributed by atoms with Gasteiger partial charge in [-0.3, -0.25) is 24.0 Å². The first-order chi connectivity index (χ1) is 58.0. The summed E-state index contributed by atoms with van der Waals surface area (Å²) in [5.41, 5.74) is 5.39. The average molecular weight is 1630 g/mol. The highest BCUT2D eigenvalue weighted by Crippen LogP contribution is 2.39. The molecular formula is C95H92O25. The first kappa shape index (κ1) is 91.6. The molecule has 11 aromatic rings. The number of hydrogen-bond acceptors (Lipinski definition) is 25. The lowest BCUT2D eigenvalue weighted by atomic mass is 10.1. The molecule has 0 bridgehead atoms. The third kappa shape index (κ3) is 25.7. The number of carbonyl (C=O) groups excluding carboxylic acids is 5. The van der Waals surface area contributed by atoms with Crippen molar-refractivity contribution in [3.05, 3.63) is 304 Å². The Morgan fingerprint density at radius 1 is 0.258 bits per heavy atom. The van der Waals surface area contributed by atoms with Crippen molar-refractivity contribution in [2.75, 3.05) is 92.4 Å². The monoisotopic (exact) mass is 1630 g/mol. The largest absolute Gasteiger partial charge is 0.508 e. The van der Waals surface area contributed by atoms with Crippen LogP contribution in [0.15, 0.2) is 243 Å². The van der Waals surface area contributed by atoms with Crippen LogP contribution >= 0.6 is 0 Å². The van der Waals surface area contributed by atoms with E-state index in [-0.39, 0.29) is 96.9 Å². The van der Waals surface area contributed by atoms with Crippen molar-refractivity contribution in [1.29, 1.82) is 0 Å². The molecule has 0 fully saturated rings. The van der Waals surface area contributed by atoms with E-state index >= 15 is 0 Å². The smallest absolute Gasteiger partial charge is 0.193 e. The zero-order valence-corrected chi connectivity index (χ0v) is 68.1. The van der Waals surface area contributed by atoms with Gasteiger partial charge >= 0.3 is 0 Å². The Bertz CT molecular complexity index is 5490. The summed E-state index contributed by atoms with van der Waals surface area (Å²) in [5.74, 6) is 4.13. The number of allylic oxidation sites excluding steroid dienone is 5. The van der Waals surface area contributed by atoms with Crippen LogP contribution in [0.25, 0.3) is 30.4 Å². The summed E-state index contributed by atoms with van der Waals surface area (Å²) >= 11 is 0. The number of ether oxygens (including phenoxy) is 14. The molecule has 622 valence electrons. The maximum absolute atomic E-state index is 12.7. The van der Waals surface area contributed by atoms with E-state index in [4.69, 9.17) is 66.3 Å². The molecule has 11 aromatic carbocycles. The highest BCUT2D eigenvalue weighted by atomic mass is 16.5. The summed E-state index contributed by atoms with van der Waals surface area (Å²) in [5, 5.41) is 58.9. The van der Waals surface area contributed by atoms with Gasteiger partial charge in [-0.1, -0.05) is 103 Å². The van der Waals surface area contributed by atoms with Gasteiger partial charge < -0.3 is 97.0 Å². The zero-order valence-electron chi connectivity index (χ0n) is 68.1. The molecule has 0 heterocycles. The van der Waals surface area contributed by atoms with Crippen LogP contribution in [0.3, 0.4) is 0 Å². The van der Waals surface area contributed by atoms with Crippen molar-refractivity contribution < 1.29 is 121 Å². The van der Waals surface area contributed by atoms with Crippen molar-refractivity contribution in [2.24, 2.45) is 0 Å². The molecule has 120 heavy (non-hydrogen) atoms. The van der Waals surface area contributed by atoms with Crippen molar-refractivity contribution in [1.82, 2.24) is 0 Å². The molecule has 0 aliphatic heterocycles. The van der Waals surface area contributed by atoms with Crippen LogP contribution in [0.1, 0.15) is 85.2 Å². The maximum atomic E-state index is 12.7. The molecule has 25 nitrogen and oxygen atoms in total. The Morgan fingerprint density at radius 2 is 0.608 bits per heavy atom. The lowest BCUT2D eigenvalue weighted by Gasteiger charge is -2.12. The molecular weight excluding hydrogens is 1540 g/mol. The van der Waals surface area contributed by atoms with Crippen molar-refractivity contribution in [3.63, 3.8) is 0 Å². The van der Waals surface area contributed by atoms with E-state index < -0.39 is 5.78 Å². The van der Waals surface area contributed by atoms with Gasteiger partial charge in [0.05, 0.1) is 109 Å². The molecule has 11 rings (SSSR count). The van der Waals surface area contributed by atoms with Gasteiger partial charge in [-0.2, -0.15) is 0 Å². The number of phenols is 6. The number of phenolic OH excluding ortho intramolecular Hbond substituents is 6. The maximum Gasteiger partial charge on any atom is 0.193 e. The van der Waals surface area contributed by atoms with Crippen LogP contribution in [0.4, 0.5) is 0 Å². The van der Waals surface area contributed by atoms with E-state index in [0.717, 1.165) is 28.3 Å². The molecule has 0 amide bonds. The SMILES string of the molecule is COc1cc(O)c(C(=O)/C=C/c2ccc(OCc3ccccc3)c(OC)c2)c(OC)c1.COc1cc(O)c(C(=O)/C=C/c2ccccc2OC)c(OC)c1.COc1ccc(C(=O)/C=C/c2cccc(OC)c2OC)c(O)c1.COc1ccc(C(=O)/C=C/c2ccccc2OC)c(O)c1.COc1cccc(/C=C/C(=O)c2ccc(O)cc2O)c1OC. The minimum atomic E-state index is -0.402. The Hall–Kier alpha value is -15.5. The average Bonchev–Trinajstić information content (AvgIpc) is 0.810. The number of benzene rings is 11. The Morgan fingerprint density at radius 3 is 1.00 bits per heavy atom. The third-order valence-corrected chi connectivity index (χ3v) is 17.4. The fraction of sp³-hybridized carbons (Fsp3) is 0.147. The van der Waals surface area contributed by atoms with E-state index in [1.54, 1.807) is 138 Å². The van der Waals surface area contributed by atoms with Gasteiger partial charge in [0.15, 0.2) is 63.4 Å². The van der Waals surface area contributed by atoms with Crippen LogP contribution < -0.4 is 66.3 Å². The summed E-state index contributed by atoms with van der Waals surface area (Å²) in [7, 11) is 19.6. The van der Waals surface area contributed by atoms with Crippen LogP contribution in [0.5, 0.6) is 115 Å². The number of ketones is 5. The van der Waals surface area contributed by atoms with Crippen LogP contribution in [0, 0.1) is 0 Å². The second-order valence-electron chi connectivity index (χ2n) is 24.7. The van der Waals surface area contributed by atoms with Gasteiger partial charge in [0.1, 0.15) is 98.2 Å². The number of aromatic hydroxyl groups is 6. The normalized spacial score (nSPS) is 10.6. The molecule has 25 heteroatoms. The highest BCUT2D eigenvalue weighted by molar-refractivity contribution is 6.13. The number of hydrogen-bond donors (Lipinski definition) is 6. The predicted octanol–water partition coefficient (Wildman–Crippen LogP) is 17.8. The quantitative estimate of drug-likeness (QED) is 0.0174. The van der Waals surface area contributed by atoms with Crippen LogP contribution in [-0.2, 0) is 6.61 Å². The molecule has 0 saturated carbocycles. The molecule has 0 saturated heterocycles. The third-order valence-electron chi connectivity index (χ3n) is 17.4. The summed E-state index contributed by atoms with van der Waals surface area (Å²) < 4.78 is 73.2. The molecule has 6 N–H and O–H groups in total. The number of carbonyl (C=O) groups is 5. The standard InChI is InChI=1S/C25H24O6.2C18H18O5.C17H16O5.C17H16O4/c1-28-19-14-21(27)25(24(15-19)30-3)20(26)11-9-17-10-12-22(23(13-17)29-2)31-16-18-7-5-4-6-8-18;1-21-13-8-9-14(16(20)11-13)15(19)10-7-12-5-4-6-17(22-2)18(12)23-3;1-21-13-10-15(20)18(17(11-13)23-3)14(19)9-8-12-6-4-5-7-16(12)22-2;1-21-16-5-3-4-11(17(16)22-2)6-9-14(19)13-8-7-12(18)10-15(13)20;1-20-13-8-9-14(16(19)11-13)15(18)10-7-12-5-3-4-6-17(12)21-2/h4-15,27H,16H2,1-3H3;2*4-11,20H,1-3H3;3-10,18,20H,1-2H3;3-11,19H,1-2H3/b11-9+;10-7+;9-8+;9-6+;10-7+.